The first-order valence-electron chi connectivity index (χ1n) is 7.18. The molecule has 0 aliphatic heterocycles. The fourth-order valence-electron chi connectivity index (χ4n) is 1.93. The number of hydrogen-bond donors (Lipinski definition) is 0. The highest BCUT2D eigenvalue weighted by Crippen LogP contribution is 2.21. The molecule has 0 radical (unpaired) electrons. The Morgan fingerprint density at radius 3 is 2.60 bits per heavy atom. The van der Waals surface area contributed by atoms with Crippen molar-refractivity contribution in [3.63, 3.8) is 0 Å². The van der Waals surface area contributed by atoms with E-state index in [-0.39, 0.29) is 5.69 Å². The van der Waals surface area contributed by atoms with Gasteiger partial charge in [-0.15, -0.1) is 10.2 Å². The van der Waals surface area contributed by atoms with Crippen molar-refractivity contribution in [3.8, 4) is 0 Å². The van der Waals surface area contributed by atoms with Crippen molar-refractivity contribution >= 4 is 35.3 Å². The van der Waals surface area contributed by atoms with Crippen LogP contribution in [0.15, 0.2) is 65.1 Å². The van der Waals surface area contributed by atoms with E-state index in [9.17, 15) is 10.1 Å². The molecule has 0 fully saturated rings. The molecule has 0 bridgehead atoms. The maximum Gasteiger partial charge on any atom is 0.269 e. The van der Waals surface area contributed by atoms with Gasteiger partial charge in [0.1, 0.15) is 6.33 Å². The highest BCUT2D eigenvalue weighted by Gasteiger charge is 2.05. The Labute approximate surface area is 152 Å². The highest BCUT2D eigenvalue weighted by molar-refractivity contribution is 7.98. The topological polar surface area (TPSA) is 86.2 Å². The van der Waals surface area contributed by atoms with Gasteiger partial charge in [-0.05, 0) is 35.4 Å². The minimum Gasteiger partial charge on any atom is -0.258 e. The lowest BCUT2D eigenvalue weighted by Crippen LogP contribution is -1.93. The second-order valence-electron chi connectivity index (χ2n) is 4.97. The van der Waals surface area contributed by atoms with Crippen LogP contribution in [0.4, 0.5) is 5.69 Å². The Bertz CT molecular complexity index is 894. The van der Waals surface area contributed by atoms with E-state index in [0.717, 1.165) is 11.1 Å². The molecule has 1 heterocycles. The van der Waals surface area contributed by atoms with Crippen molar-refractivity contribution in [3.05, 3.63) is 81.1 Å². The smallest absolute Gasteiger partial charge is 0.258 e. The van der Waals surface area contributed by atoms with Crippen LogP contribution in [0.3, 0.4) is 0 Å². The van der Waals surface area contributed by atoms with Gasteiger partial charge in [0.05, 0.1) is 11.1 Å². The second kappa shape index (κ2) is 7.91. The number of nitro benzene ring substituents is 1. The van der Waals surface area contributed by atoms with Crippen LogP contribution < -0.4 is 0 Å². The number of rotatable bonds is 6. The predicted molar refractivity (Wildman–Crippen MR) is 97.1 cm³/mol. The van der Waals surface area contributed by atoms with Crippen LogP contribution in [0.2, 0.25) is 5.02 Å². The lowest BCUT2D eigenvalue weighted by atomic mass is 10.2. The monoisotopic (exact) mass is 373 g/mol. The molecule has 7 nitrogen and oxygen atoms in total. The Hall–Kier alpha value is -2.71. The third-order valence-corrected chi connectivity index (χ3v) is 4.47. The van der Waals surface area contributed by atoms with Crippen molar-refractivity contribution < 1.29 is 4.92 Å². The molecular weight excluding hydrogens is 362 g/mol. The maximum absolute atomic E-state index is 10.7. The van der Waals surface area contributed by atoms with Crippen molar-refractivity contribution in [2.75, 3.05) is 0 Å². The fourth-order valence-corrected chi connectivity index (χ4v) is 2.88. The SMILES string of the molecule is O=[N+]([O-])c1ccc(/C=N/n2cnnc2SCc2ccc(Cl)cc2)cc1. The van der Waals surface area contributed by atoms with Gasteiger partial charge in [0.15, 0.2) is 0 Å². The summed E-state index contributed by atoms with van der Waals surface area (Å²) in [4.78, 5) is 10.2. The first-order valence-corrected chi connectivity index (χ1v) is 8.54. The first-order chi connectivity index (χ1) is 12.1. The van der Waals surface area contributed by atoms with E-state index < -0.39 is 4.92 Å². The van der Waals surface area contributed by atoms with E-state index in [4.69, 9.17) is 11.6 Å². The van der Waals surface area contributed by atoms with Gasteiger partial charge in [0.2, 0.25) is 5.16 Å². The minimum absolute atomic E-state index is 0.0423. The van der Waals surface area contributed by atoms with Gasteiger partial charge in [-0.3, -0.25) is 10.1 Å². The first kappa shape index (κ1) is 17.1. The molecular formula is C16H12ClN5O2S. The van der Waals surface area contributed by atoms with Crippen LogP contribution in [-0.2, 0) is 5.75 Å². The standard InChI is InChI=1S/C16H12ClN5O2S/c17-14-5-1-13(2-6-14)10-25-16-20-18-11-21(16)19-9-12-3-7-15(8-4-12)22(23)24/h1-9,11H,10H2/b19-9+. The molecule has 3 rings (SSSR count). The lowest BCUT2D eigenvalue weighted by Gasteiger charge is -2.01. The molecule has 0 saturated carbocycles. The third kappa shape index (κ3) is 4.65. The summed E-state index contributed by atoms with van der Waals surface area (Å²) < 4.78 is 1.56. The van der Waals surface area contributed by atoms with Gasteiger partial charge < -0.3 is 0 Å². The normalized spacial score (nSPS) is 11.1. The summed E-state index contributed by atoms with van der Waals surface area (Å²) in [6.45, 7) is 0. The average Bonchev–Trinajstić information content (AvgIpc) is 3.07. The molecule has 0 aliphatic carbocycles. The Balaban J connectivity index is 1.66. The van der Waals surface area contributed by atoms with Gasteiger partial charge in [-0.1, -0.05) is 35.5 Å². The minimum atomic E-state index is -0.438. The second-order valence-corrected chi connectivity index (χ2v) is 6.35. The van der Waals surface area contributed by atoms with Gasteiger partial charge in [-0.2, -0.15) is 9.78 Å². The van der Waals surface area contributed by atoms with E-state index >= 15 is 0 Å². The Kier molecular flexibility index (Phi) is 5.42. The summed E-state index contributed by atoms with van der Waals surface area (Å²) >= 11 is 7.37. The summed E-state index contributed by atoms with van der Waals surface area (Å²) in [7, 11) is 0. The van der Waals surface area contributed by atoms with Crippen molar-refractivity contribution in [2.45, 2.75) is 10.9 Å². The Morgan fingerprint density at radius 1 is 1.20 bits per heavy atom. The average molecular weight is 374 g/mol. The van der Waals surface area contributed by atoms with Crippen LogP contribution >= 0.6 is 23.4 Å². The van der Waals surface area contributed by atoms with E-state index in [1.807, 2.05) is 24.3 Å². The molecule has 126 valence electrons. The van der Waals surface area contributed by atoms with Gasteiger partial charge in [0.25, 0.3) is 5.69 Å². The number of halogens is 1. The summed E-state index contributed by atoms with van der Waals surface area (Å²) in [5.74, 6) is 0.711. The van der Waals surface area contributed by atoms with E-state index in [1.165, 1.54) is 30.2 Å². The number of nitro groups is 1. The maximum atomic E-state index is 10.7. The van der Waals surface area contributed by atoms with Crippen molar-refractivity contribution in [1.82, 2.24) is 14.9 Å². The van der Waals surface area contributed by atoms with Gasteiger partial charge in [0, 0.05) is 22.9 Å². The molecule has 0 spiro atoms. The summed E-state index contributed by atoms with van der Waals surface area (Å²) in [6.07, 6.45) is 3.10. The van der Waals surface area contributed by atoms with Crippen LogP contribution in [0.1, 0.15) is 11.1 Å². The molecule has 9 heteroatoms. The number of thioether (sulfide) groups is 1. The predicted octanol–water partition coefficient (Wildman–Crippen LogP) is 4.01. The summed E-state index contributed by atoms with van der Waals surface area (Å²) in [5, 5.41) is 24.2. The van der Waals surface area contributed by atoms with E-state index in [0.29, 0.717) is 15.9 Å². The van der Waals surface area contributed by atoms with Crippen LogP contribution in [0.25, 0.3) is 0 Å². The molecule has 1 aromatic heterocycles. The zero-order chi connectivity index (χ0) is 17.6. The molecule has 0 atom stereocenters. The zero-order valence-corrected chi connectivity index (χ0v) is 14.4. The highest BCUT2D eigenvalue weighted by atomic mass is 35.5. The van der Waals surface area contributed by atoms with Gasteiger partial charge in [-0.25, -0.2) is 0 Å². The van der Waals surface area contributed by atoms with Crippen LogP contribution in [0, 0.1) is 10.1 Å². The third-order valence-electron chi connectivity index (χ3n) is 3.22. The summed E-state index contributed by atoms with van der Waals surface area (Å²) in [6, 6.07) is 13.7. The molecule has 0 saturated heterocycles. The summed E-state index contributed by atoms with van der Waals surface area (Å²) in [5.41, 5.74) is 1.90. The molecule has 25 heavy (non-hydrogen) atoms. The van der Waals surface area contributed by atoms with Crippen LogP contribution in [-0.4, -0.2) is 26.0 Å². The largest absolute Gasteiger partial charge is 0.269 e. The van der Waals surface area contributed by atoms with Crippen molar-refractivity contribution in [2.24, 2.45) is 5.10 Å². The number of aromatic nitrogens is 3. The number of benzene rings is 2. The number of hydrogen-bond acceptors (Lipinski definition) is 6. The molecule has 0 aliphatic rings. The fraction of sp³-hybridized carbons (Fsp3) is 0.0625. The van der Waals surface area contributed by atoms with Gasteiger partial charge >= 0.3 is 0 Å². The quantitative estimate of drug-likeness (QED) is 0.282. The molecule has 0 unspecified atom stereocenters. The number of nitrogens with zero attached hydrogens (tertiary/aromatic N) is 5. The number of non-ortho nitro benzene ring substituents is 1. The lowest BCUT2D eigenvalue weighted by molar-refractivity contribution is -0.384. The molecule has 3 aromatic rings. The van der Waals surface area contributed by atoms with E-state index in [1.54, 1.807) is 23.0 Å². The molecule has 0 amide bonds. The molecule has 0 N–H and O–H groups in total. The molecule has 2 aromatic carbocycles. The zero-order valence-electron chi connectivity index (χ0n) is 12.8. The van der Waals surface area contributed by atoms with E-state index in [2.05, 4.69) is 15.3 Å². The van der Waals surface area contributed by atoms with Crippen molar-refractivity contribution in [1.29, 1.82) is 0 Å². The van der Waals surface area contributed by atoms with Crippen LogP contribution in [0.5, 0.6) is 0 Å². The Morgan fingerprint density at radius 2 is 1.92 bits per heavy atom.